The summed E-state index contributed by atoms with van der Waals surface area (Å²) in [5.74, 6) is 2.04. The molecule has 318 valence electrons. The minimum absolute atomic E-state index is 0. The molecule has 7 aromatic carbocycles. The molecule has 0 amide bonds. The zero-order valence-corrected chi connectivity index (χ0v) is 38.6. The van der Waals surface area contributed by atoms with E-state index in [0.29, 0.717) is 11.5 Å². The Bertz CT molecular complexity index is 3170. The van der Waals surface area contributed by atoms with Crippen LogP contribution >= 0.6 is 0 Å². The molecule has 0 spiro atoms. The van der Waals surface area contributed by atoms with Gasteiger partial charge in [0.15, 0.2) is 0 Å². The molecule has 0 N–H and O–H groups in total. The van der Waals surface area contributed by atoms with Crippen molar-refractivity contribution in [2.45, 2.75) is 45.4 Å². The maximum absolute atomic E-state index is 6.56. The SMILES string of the molecule is CC(C)(C)c1ccnc(-n2c3[c-]c(Oc4[c-]c(N5C=CN(c6ccc(N7c8ccccc8C(C)(C)c8ccccc87)cc6)[CH-]5)ccc4)ccc3c3cc(-c4ccccc4)ccc32)c1.[Pt]. The van der Waals surface area contributed by atoms with Gasteiger partial charge in [-0.2, -0.15) is 12.1 Å². The van der Waals surface area contributed by atoms with Crippen molar-refractivity contribution in [1.29, 1.82) is 0 Å². The molecule has 4 heterocycles. The van der Waals surface area contributed by atoms with E-state index in [2.05, 4.69) is 218 Å². The molecule has 0 radical (unpaired) electrons. The molecule has 2 aromatic heterocycles. The van der Waals surface area contributed by atoms with Crippen LogP contribution in [0.2, 0.25) is 0 Å². The zero-order chi connectivity index (χ0) is 42.9. The number of benzene rings is 7. The monoisotopic (exact) mass is 1010 g/mol. The molecule has 64 heavy (non-hydrogen) atoms. The first kappa shape index (κ1) is 41.1. The van der Waals surface area contributed by atoms with Gasteiger partial charge in [0.25, 0.3) is 0 Å². The van der Waals surface area contributed by atoms with E-state index in [1.165, 1.54) is 33.6 Å². The summed E-state index contributed by atoms with van der Waals surface area (Å²) in [6, 6.07) is 65.0. The van der Waals surface area contributed by atoms with Crippen molar-refractivity contribution in [3.8, 4) is 28.4 Å². The Labute approximate surface area is 390 Å². The van der Waals surface area contributed by atoms with Gasteiger partial charge in [0.1, 0.15) is 5.82 Å². The summed E-state index contributed by atoms with van der Waals surface area (Å²) in [6.07, 6.45) is 6.01. The van der Waals surface area contributed by atoms with E-state index < -0.39 is 0 Å². The van der Waals surface area contributed by atoms with Crippen molar-refractivity contribution >= 4 is 50.2 Å². The van der Waals surface area contributed by atoms with Gasteiger partial charge in [0.05, 0.1) is 11.4 Å². The van der Waals surface area contributed by atoms with E-state index in [9.17, 15) is 0 Å². The van der Waals surface area contributed by atoms with Crippen LogP contribution in [0, 0.1) is 18.8 Å². The fourth-order valence-corrected chi connectivity index (χ4v) is 9.18. The predicted molar refractivity (Wildman–Crippen MR) is 259 cm³/mol. The normalized spacial score (nSPS) is 14.1. The number of pyridine rings is 1. The van der Waals surface area contributed by atoms with Crippen LogP contribution in [0.4, 0.5) is 28.4 Å². The van der Waals surface area contributed by atoms with Crippen molar-refractivity contribution in [2.24, 2.45) is 0 Å². The van der Waals surface area contributed by atoms with Gasteiger partial charge < -0.3 is 24.0 Å². The van der Waals surface area contributed by atoms with Gasteiger partial charge >= 0.3 is 0 Å². The number of para-hydroxylation sites is 2. The van der Waals surface area contributed by atoms with Crippen molar-refractivity contribution in [3.05, 3.63) is 218 Å². The largest absolute Gasteiger partial charge is 0.509 e. The van der Waals surface area contributed by atoms with Crippen molar-refractivity contribution < 1.29 is 25.8 Å². The van der Waals surface area contributed by atoms with Crippen LogP contribution in [0.5, 0.6) is 11.5 Å². The van der Waals surface area contributed by atoms with Crippen LogP contribution in [0.15, 0.2) is 182 Å². The van der Waals surface area contributed by atoms with Gasteiger partial charge in [0, 0.05) is 61.1 Å². The molecule has 7 heteroatoms. The van der Waals surface area contributed by atoms with Crippen molar-refractivity contribution in [2.75, 3.05) is 14.7 Å². The number of anilines is 5. The van der Waals surface area contributed by atoms with Crippen LogP contribution in [-0.4, -0.2) is 9.55 Å². The molecule has 2 aliphatic heterocycles. The summed E-state index contributed by atoms with van der Waals surface area (Å²) in [7, 11) is 0. The Hall–Kier alpha value is -6.88. The smallest absolute Gasteiger partial charge is 0.135 e. The van der Waals surface area contributed by atoms with Gasteiger partial charge in [-0.05, 0) is 106 Å². The summed E-state index contributed by atoms with van der Waals surface area (Å²) in [6.45, 7) is 13.4. The Morgan fingerprint density at radius 3 is 2.00 bits per heavy atom. The third-order valence-corrected chi connectivity index (χ3v) is 12.5. The number of hydrogen-bond donors (Lipinski definition) is 0. The molecule has 0 aliphatic carbocycles. The van der Waals surface area contributed by atoms with Gasteiger partial charge in [-0.15, -0.1) is 48.1 Å². The minimum atomic E-state index is -0.0977. The van der Waals surface area contributed by atoms with E-state index in [4.69, 9.17) is 9.72 Å². The third-order valence-electron chi connectivity index (χ3n) is 12.5. The molecular formula is C57H46N5OPt-3. The van der Waals surface area contributed by atoms with Gasteiger partial charge in [0.2, 0.25) is 0 Å². The summed E-state index contributed by atoms with van der Waals surface area (Å²) >= 11 is 0. The summed E-state index contributed by atoms with van der Waals surface area (Å²) < 4.78 is 8.77. The van der Waals surface area contributed by atoms with Gasteiger partial charge in [-0.1, -0.05) is 119 Å². The first-order valence-electron chi connectivity index (χ1n) is 21.5. The Kier molecular flexibility index (Phi) is 10.3. The fraction of sp³-hybridized carbons (Fsp3) is 0.123. The number of nitrogens with zero attached hydrogens (tertiary/aromatic N) is 5. The number of ether oxygens (including phenoxy) is 1. The van der Waals surface area contributed by atoms with Crippen molar-refractivity contribution in [1.82, 2.24) is 9.55 Å². The Morgan fingerprint density at radius 2 is 1.27 bits per heavy atom. The molecule has 0 atom stereocenters. The molecule has 0 saturated carbocycles. The van der Waals surface area contributed by atoms with Crippen LogP contribution in [-0.2, 0) is 31.9 Å². The molecular weight excluding hydrogens is 966 g/mol. The standard InChI is InChI=1S/C57H46N5O.Pt/c1-56(2,3)41-30-31-58-55(35-41)62-51-29-22-40(39-14-7-6-8-15-39)34-48(51)47-28-27-46(37-54(47)62)63-45-17-13-16-44(36-45)60-33-32-59(38-60)42-23-25-43(26-24-42)61-52-20-11-9-18-49(52)57(4,5)50-19-10-12-21-53(50)61;/h6-35,38H,1-5H3;/q-3;. The zero-order valence-electron chi connectivity index (χ0n) is 36.4. The van der Waals surface area contributed by atoms with Crippen molar-refractivity contribution in [3.63, 3.8) is 0 Å². The molecule has 0 saturated heterocycles. The van der Waals surface area contributed by atoms with E-state index in [1.54, 1.807) is 0 Å². The number of fused-ring (bicyclic) bond motifs is 5. The third kappa shape index (κ3) is 7.16. The first-order valence-corrected chi connectivity index (χ1v) is 21.5. The molecule has 0 bridgehead atoms. The van der Waals surface area contributed by atoms with Gasteiger partial charge in [-0.25, -0.2) is 4.98 Å². The maximum atomic E-state index is 6.56. The second-order valence-corrected chi connectivity index (χ2v) is 17.9. The number of hydrogen-bond acceptors (Lipinski definition) is 5. The maximum Gasteiger partial charge on any atom is 0.135 e. The molecule has 0 fully saturated rings. The molecule has 11 rings (SSSR count). The summed E-state index contributed by atoms with van der Waals surface area (Å²) in [5, 5.41) is 2.21. The average Bonchev–Trinajstić information content (AvgIpc) is 3.93. The van der Waals surface area contributed by atoms with Crippen LogP contribution in [0.1, 0.15) is 51.3 Å². The Balaban J connectivity index is 0.00000484. The Morgan fingerprint density at radius 1 is 0.594 bits per heavy atom. The van der Waals surface area contributed by atoms with E-state index in [1.807, 2.05) is 36.7 Å². The van der Waals surface area contributed by atoms with Crippen LogP contribution in [0.3, 0.4) is 0 Å². The van der Waals surface area contributed by atoms with E-state index in [-0.39, 0.29) is 31.9 Å². The quantitative estimate of drug-likeness (QED) is 0.149. The first-order chi connectivity index (χ1) is 30.6. The van der Waals surface area contributed by atoms with Crippen LogP contribution in [0.25, 0.3) is 38.8 Å². The molecule has 6 nitrogen and oxygen atoms in total. The molecule has 2 aliphatic rings. The topological polar surface area (TPSA) is 36.8 Å². The second-order valence-electron chi connectivity index (χ2n) is 17.9. The van der Waals surface area contributed by atoms with Crippen LogP contribution < -0.4 is 19.4 Å². The van der Waals surface area contributed by atoms with E-state index >= 15 is 0 Å². The predicted octanol–water partition coefficient (Wildman–Crippen LogP) is 14.6. The molecule has 9 aromatic rings. The molecule has 0 unspecified atom stereocenters. The fourth-order valence-electron chi connectivity index (χ4n) is 9.18. The number of rotatable bonds is 7. The van der Waals surface area contributed by atoms with E-state index in [0.717, 1.165) is 50.2 Å². The second kappa shape index (κ2) is 16.0. The summed E-state index contributed by atoms with van der Waals surface area (Å²) in [4.78, 5) is 11.5. The van der Waals surface area contributed by atoms with Gasteiger partial charge in [-0.3, -0.25) is 0 Å². The minimum Gasteiger partial charge on any atom is -0.509 e. The summed E-state index contributed by atoms with van der Waals surface area (Å²) in [5.41, 5.74) is 13.5. The number of aromatic nitrogens is 2. The average molecular weight is 1010 g/mol.